The molecule has 0 spiro atoms. The minimum Gasteiger partial charge on any atom is -0.489 e. The lowest BCUT2D eigenvalue weighted by atomic mass is 10.1. The van der Waals surface area contributed by atoms with Crippen molar-refractivity contribution in [3.05, 3.63) is 91.5 Å². The van der Waals surface area contributed by atoms with Gasteiger partial charge in [-0.05, 0) is 88.0 Å². The van der Waals surface area contributed by atoms with Crippen LogP contribution in [0.1, 0.15) is 57.9 Å². The van der Waals surface area contributed by atoms with Crippen molar-refractivity contribution < 1.29 is 51.5 Å². The summed E-state index contributed by atoms with van der Waals surface area (Å²) < 4.78 is 67.1. The molecule has 3 unspecified atom stereocenters. The molecule has 0 amide bonds. The van der Waals surface area contributed by atoms with Gasteiger partial charge in [0.1, 0.15) is 35.4 Å². The van der Waals surface area contributed by atoms with Gasteiger partial charge in [-0.1, -0.05) is 19.1 Å². The number of carboxylic acid groups (broad SMARTS) is 1. The molecule has 2 aromatic carbocycles. The molecular weight excluding hydrogens is 878 g/mol. The van der Waals surface area contributed by atoms with Gasteiger partial charge in [-0.2, -0.15) is 33.4 Å². The maximum atomic E-state index is 13.1. The van der Waals surface area contributed by atoms with Crippen molar-refractivity contribution in [3.63, 3.8) is 0 Å². The summed E-state index contributed by atoms with van der Waals surface area (Å²) in [6, 6.07) is 12.7. The molecule has 0 radical (unpaired) electrons. The third-order valence-electron chi connectivity index (χ3n) is 8.30. The molecule has 0 aliphatic rings. The highest BCUT2D eigenvalue weighted by atomic mass is 35.5. The number of aryl methyl sites for hydroxylation is 1. The van der Waals surface area contributed by atoms with Crippen molar-refractivity contribution in [2.24, 2.45) is 12.8 Å². The van der Waals surface area contributed by atoms with Crippen LogP contribution < -0.4 is 37.1 Å². The van der Waals surface area contributed by atoms with Crippen molar-refractivity contribution in [3.8, 4) is 23.3 Å². The number of carbonyl (C=O) groups excluding carboxylic acids is 1. The fourth-order valence-corrected chi connectivity index (χ4v) is 5.81. The number of esters is 1. The van der Waals surface area contributed by atoms with E-state index >= 15 is 0 Å². The standard InChI is InChI=1S/C25H25F3N2O6.C9H13ClN6.C5H12NO4P/c1-5-16-6-7-17(20(12-16)36-15(2)23(32)34-4)14-35-19-10-8-18(9-11-19)30-22(31)13-21(25(26,27)28)29(3)24(30)33;1-4-12-7-13-6(10)14-8(15-7)16-9(2,3)5-11;1-11(9,10)3-2-4(6)5(7)8/h6-13,15H,5,14H2,1-4H3;4H2,1-3H3,(H2,12,13,14,15,16);4H,2-3,6H2,1H3,(H,7,8)(H,9,10). The molecule has 3 atom stereocenters. The molecule has 0 saturated heterocycles. The van der Waals surface area contributed by atoms with Crippen molar-refractivity contribution in [1.82, 2.24) is 24.1 Å². The SMILES string of the molecule is CCNc1nc(Cl)nc(NC(C)(C)C#N)n1.CCc1ccc(COc2ccc(-n3c(=O)cc(C(F)(F)F)n(C)c3=O)cc2)c(OC(C)C(=O)OC)c1.CP(=O)(O)CCC(N)C(=O)O. The number of nitriles is 1. The van der Waals surface area contributed by atoms with E-state index in [9.17, 15) is 36.9 Å². The van der Waals surface area contributed by atoms with E-state index in [2.05, 4.69) is 31.7 Å². The monoisotopic (exact) mass is 927 g/mol. The number of ether oxygens (including phenoxy) is 3. The Labute approximate surface area is 365 Å². The fourth-order valence-electron chi connectivity index (χ4n) is 4.89. The number of aliphatic carboxylic acids is 1. The lowest BCUT2D eigenvalue weighted by molar-refractivity contribution is -0.148. The molecular formula is C39H50ClF3N9O10P. The summed E-state index contributed by atoms with van der Waals surface area (Å²) in [5.74, 6) is -0.158. The number of nitrogens with one attached hydrogen (secondary N) is 2. The summed E-state index contributed by atoms with van der Waals surface area (Å²) in [6.45, 7) is 10.9. The Morgan fingerprint density at radius 2 is 1.68 bits per heavy atom. The second-order valence-electron chi connectivity index (χ2n) is 14.1. The van der Waals surface area contributed by atoms with Crippen LogP contribution in [-0.4, -0.2) is 90.2 Å². The first-order chi connectivity index (χ1) is 29.2. The van der Waals surface area contributed by atoms with Gasteiger partial charge in [-0.3, -0.25) is 18.7 Å². The van der Waals surface area contributed by atoms with Gasteiger partial charge in [-0.25, -0.2) is 14.2 Å². The molecule has 0 bridgehead atoms. The quantitative estimate of drug-likeness (QED) is 0.0731. The number of anilines is 2. The molecule has 4 aromatic rings. The molecule has 0 aliphatic heterocycles. The highest BCUT2D eigenvalue weighted by Crippen LogP contribution is 2.35. The van der Waals surface area contributed by atoms with Gasteiger partial charge < -0.3 is 40.6 Å². The number of rotatable bonds is 16. The summed E-state index contributed by atoms with van der Waals surface area (Å²) in [5, 5.41) is 23.0. The van der Waals surface area contributed by atoms with Gasteiger partial charge in [0.2, 0.25) is 17.2 Å². The Hall–Kier alpha value is -6.01. The first-order valence-electron chi connectivity index (χ1n) is 18.9. The molecule has 6 N–H and O–H groups in total. The maximum absolute atomic E-state index is 13.1. The third kappa shape index (κ3) is 17.3. The predicted molar refractivity (Wildman–Crippen MR) is 228 cm³/mol. The Balaban J connectivity index is 0.000000414. The number of nitrogens with zero attached hydrogens (tertiary/aromatic N) is 6. The average Bonchev–Trinajstić information content (AvgIpc) is 3.20. The van der Waals surface area contributed by atoms with Crippen LogP contribution in [0.2, 0.25) is 5.28 Å². The third-order valence-corrected chi connectivity index (χ3v) is 9.55. The van der Waals surface area contributed by atoms with Crippen molar-refractivity contribution >= 4 is 42.8 Å². The number of hydrogen-bond acceptors (Lipinski definition) is 15. The lowest BCUT2D eigenvalue weighted by Gasteiger charge is -2.17. The minimum absolute atomic E-state index is 0.0412. The number of alkyl halides is 3. The first kappa shape index (κ1) is 53.1. The Bertz CT molecular complexity index is 2400. The largest absolute Gasteiger partial charge is 0.489 e. The maximum Gasteiger partial charge on any atom is 0.431 e. The van der Waals surface area contributed by atoms with E-state index in [0.717, 1.165) is 19.0 Å². The molecule has 63 heavy (non-hydrogen) atoms. The zero-order valence-electron chi connectivity index (χ0n) is 35.7. The van der Waals surface area contributed by atoms with Crippen LogP contribution in [-0.2, 0) is 45.1 Å². The summed E-state index contributed by atoms with van der Waals surface area (Å²) in [5.41, 5.74) is 2.53. The number of carboxylic acids is 1. The predicted octanol–water partition coefficient (Wildman–Crippen LogP) is 5.00. The number of benzene rings is 2. The van der Waals surface area contributed by atoms with E-state index in [-0.39, 0.29) is 36.1 Å². The van der Waals surface area contributed by atoms with E-state index in [1.165, 1.54) is 38.0 Å². The number of nitrogens with two attached hydrogens (primary N) is 1. The van der Waals surface area contributed by atoms with Crippen molar-refractivity contribution in [2.45, 2.75) is 77.9 Å². The Kier molecular flexibility index (Phi) is 19.8. The van der Waals surface area contributed by atoms with Crippen molar-refractivity contribution in [2.75, 3.05) is 37.1 Å². The van der Waals surface area contributed by atoms with E-state index in [0.29, 0.717) is 44.8 Å². The van der Waals surface area contributed by atoms with Crippen molar-refractivity contribution in [1.29, 1.82) is 5.26 Å². The Morgan fingerprint density at radius 3 is 2.21 bits per heavy atom. The number of aromatic nitrogens is 5. The van der Waals surface area contributed by atoms with Gasteiger partial charge in [0.15, 0.2) is 13.5 Å². The van der Waals surface area contributed by atoms with Gasteiger partial charge >= 0.3 is 23.8 Å². The van der Waals surface area contributed by atoms with Gasteiger partial charge in [0.25, 0.3) is 5.56 Å². The molecule has 24 heteroatoms. The number of halogens is 4. The van der Waals surface area contributed by atoms with E-state index < -0.39 is 60.1 Å². The molecule has 0 aliphatic carbocycles. The smallest absolute Gasteiger partial charge is 0.431 e. The number of methoxy groups -OCH3 is 1. The van der Waals surface area contributed by atoms with Gasteiger partial charge in [0.05, 0.1) is 18.9 Å². The lowest BCUT2D eigenvalue weighted by Crippen LogP contribution is -2.40. The fraction of sp³-hybridized carbons (Fsp3) is 0.436. The molecule has 344 valence electrons. The molecule has 0 fully saturated rings. The zero-order chi connectivity index (χ0) is 47.9. The molecule has 2 aromatic heterocycles. The van der Waals surface area contributed by atoms with Crippen LogP contribution in [0, 0.1) is 11.3 Å². The highest BCUT2D eigenvalue weighted by molar-refractivity contribution is 7.57. The van der Waals surface area contributed by atoms with Gasteiger partial charge in [0, 0.05) is 38.0 Å². The molecule has 19 nitrogen and oxygen atoms in total. The summed E-state index contributed by atoms with van der Waals surface area (Å²) >= 11 is 5.73. The zero-order valence-corrected chi connectivity index (χ0v) is 37.3. The topological polar surface area (TPSA) is 276 Å². The second-order valence-corrected chi connectivity index (χ2v) is 16.9. The number of hydrogen-bond donors (Lipinski definition) is 5. The average molecular weight is 928 g/mol. The van der Waals surface area contributed by atoms with Crippen LogP contribution in [0.4, 0.5) is 25.1 Å². The van der Waals surface area contributed by atoms with Crippen LogP contribution in [0.25, 0.3) is 5.69 Å². The highest BCUT2D eigenvalue weighted by Gasteiger charge is 2.35. The van der Waals surface area contributed by atoms with Crippen LogP contribution in [0.5, 0.6) is 11.5 Å². The molecule has 2 heterocycles. The normalized spacial score (nSPS) is 13.0. The summed E-state index contributed by atoms with van der Waals surface area (Å²) in [6.07, 6.45) is -4.91. The summed E-state index contributed by atoms with van der Waals surface area (Å²) in [7, 11) is -0.884. The van der Waals surface area contributed by atoms with E-state index in [4.69, 9.17) is 46.8 Å². The molecule has 0 saturated carbocycles. The van der Waals surface area contributed by atoms with E-state index in [1.54, 1.807) is 20.8 Å². The van der Waals surface area contributed by atoms with Crippen LogP contribution >= 0.6 is 19.0 Å². The Morgan fingerprint density at radius 1 is 1.06 bits per heavy atom. The number of carbonyl (C=O) groups is 2. The van der Waals surface area contributed by atoms with Crippen LogP contribution in [0.3, 0.4) is 0 Å². The minimum atomic E-state index is -4.84. The summed E-state index contributed by atoms with van der Waals surface area (Å²) in [4.78, 5) is 67.2. The first-order valence-corrected chi connectivity index (χ1v) is 21.5. The molecule has 4 rings (SSSR count). The van der Waals surface area contributed by atoms with Crippen LogP contribution in [0.15, 0.2) is 58.1 Å². The van der Waals surface area contributed by atoms with E-state index in [1.807, 2.05) is 32.0 Å². The second kappa shape index (κ2) is 23.4. The van der Waals surface area contributed by atoms with Gasteiger partial charge in [-0.15, -0.1) is 0 Å².